The molecule has 0 saturated carbocycles. The molecule has 0 bridgehead atoms. The first kappa shape index (κ1) is 15.4. The number of nitrogens with zero attached hydrogens (tertiary/aromatic N) is 4. The summed E-state index contributed by atoms with van der Waals surface area (Å²) in [6, 6.07) is 7.77. The molecule has 1 aromatic carbocycles. The van der Waals surface area contributed by atoms with Crippen LogP contribution in [0.4, 0.5) is 0 Å². The molecule has 3 aliphatic rings. The molecule has 0 atom stereocenters. The predicted octanol–water partition coefficient (Wildman–Crippen LogP) is 2.51. The molecule has 0 radical (unpaired) electrons. The molecule has 3 heterocycles. The zero-order valence-corrected chi connectivity index (χ0v) is 14.9. The first-order valence-corrected chi connectivity index (χ1v) is 8.69. The lowest BCUT2D eigenvalue weighted by Crippen LogP contribution is -2.52. The van der Waals surface area contributed by atoms with E-state index in [1.165, 1.54) is 0 Å². The van der Waals surface area contributed by atoms with Gasteiger partial charge in [0.25, 0.3) is 5.91 Å². The summed E-state index contributed by atoms with van der Waals surface area (Å²) in [5.41, 5.74) is 1.79. The summed E-state index contributed by atoms with van der Waals surface area (Å²) in [6.07, 6.45) is 1.52. The molecule has 4 rings (SSSR count). The fourth-order valence-corrected chi connectivity index (χ4v) is 3.62. The van der Waals surface area contributed by atoms with E-state index in [0.29, 0.717) is 18.9 Å². The summed E-state index contributed by atoms with van der Waals surface area (Å²) in [5.74, 6) is 2.28. The molecule has 0 N–H and O–H groups in total. The second kappa shape index (κ2) is 6.05. The fraction of sp³-hybridized carbons (Fsp3) is 0.353. The third kappa shape index (κ3) is 2.53. The van der Waals surface area contributed by atoms with Gasteiger partial charge in [0.15, 0.2) is 0 Å². The summed E-state index contributed by atoms with van der Waals surface area (Å²) >= 11 is 3.43. The average Bonchev–Trinajstić information content (AvgIpc) is 3.01. The molecule has 0 spiro atoms. The number of ether oxygens (including phenoxy) is 1. The van der Waals surface area contributed by atoms with E-state index in [4.69, 9.17) is 4.74 Å². The Bertz CT molecular complexity index is 782. The molecule has 1 amide bonds. The first-order chi connectivity index (χ1) is 11.7. The number of hydrogen-bond donors (Lipinski definition) is 0. The largest absolute Gasteiger partial charge is 0.497 e. The van der Waals surface area contributed by atoms with Gasteiger partial charge in [0, 0.05) is 19.5 Å². The van der Waals surface area contributed by atoms with E-state index in [1.54, 1.807) is 12.0 Å². The molecular weight excluding hydrogens is 372 g/mol. The third-order valence-corrected chi connectivity index (χ3v) is 4.81. The highest BCUT2D eigenvalue weighted by Gasteiger charge is 2.40. The summed E-state index contributed by atoms with van der Waals surface area (Å²) in [5, 5.41) is 0. The lowest BCUT2D eigenvalue weighted by Gasteiger charge is -2.39. The summed E-state index contributed by atoms with van der Waals surface area (Å²) < 4.78 is 6.00. The second-order valence-electron chi connectivity index (χ2n) is 5.89. The lowest BCUT2D eigenvalue weighted by molar-refractivity contribution is -0.125. The highest BCUT2D eigenvalue weighted by atomic mass is 79.9. The van der Waals surface area contributed by atoms with Gasteiger partial charge in [0.05, 0.1) is 23.8 Å². The Labute approximate surface area is 148 Å². The van der Waals surface area contributed by atoms with Crippen LogP contribution in [0, 0.1) is 0 Å². The highest BCUT2D eigenvalue weighted by molar-refractivity contribution is 9.18. The number of amides is 1. The smallest absolute Gasteiger partial charge is 0.260 e. The number of methoxy groups -OCH3 is 1. The maximum absolute atomic E-state index is 13.0. The van der Waals surface area contributed by atoms with Crippen LogP contribution in [0.25, 0.3) is 0 Å². The van der Waals surface area contributed by atoms with Gasteiger partial charge >= 0.3 is 0 Å². The highest BCUT2D eigenvalue weighted by Crippen LogP contribution is 2.34. The van der Waals surface area contributed by atoms with Gasteiger partial charge in [-0.05, 0) is 40.0 Å². The van der Waals surface area contributed by atoms with Crippen LogP contribution < -0.4 is 4.74 Å². The third-order valence-electron chi connectivity index (χ3n) is 4.35. The SMILES string of the molecule is COc1ccc(CN2C(=O)C3=C(N=C(Br)C3)N3CCCN=C23)cc1. The molecule has 0 fully saturated rings. The van der Waals surface area contributed by atoms with E-state index < -0.39 is 0 Å². The molecular formula is C17H17BrN4O2. The number of hydrogen-bond acceptors (Lipinski definition) is 5. The topological polar surface area (TPSA) is 57.5 Å². The zero-order chi connectivity index (χ0) is 16.7. The van der Waals surface area contributed by atoms with Gasteiger partial charge in [-0.2, -0.15) is 0 Å². The van der Waals surface area contributed by atoms with Crippen LogP contribution in [-0.4, -0.2) is 46.5 Å². The minimum absolute atomic E-state index is 0.00378. The number of fused-ring (bicyclic) bond motifs is 2. The lowest BCUT2D eigenvalue weighted by atomic mass is 10.1. The van der Waals surface area contributed by atoms with Crippen LogP contribution in [0.2, 0.25) is 0 Å². The van der Waals surface area contributed by atoms with E-state index in [-0.39, 0.29) is 5.91 Å². The molecule has 7 heteroatoms. The average molecular weight is 389 g/mol. The maximum Gasteiger partial charge on any atom is 0.260 e. The van der Waals surface area contributed by atoms with Gasteiger partial charge in [-0.3, -0.25) is 19.6 Å². The molecule has 0 aromatic heterocycles. The number of carbonyl (C=O) groups is 1. The Kier molecular flexibility index (Phi) is 3.88. The van der Waals surface area contributed by atoms with Crippen molar-refractivity contribution in [2.75, 3.05) is 20.2 Å². The van der Waals surface area contributed by atoms with Crippen LogP contribution in [0.1, 0.15) is 18.4 Å². The van der Waals surface area contributed by atoms with Crippen molar-refractivity contribution in [3.05, 3.63) is 41.2 Å². The summed E-state index contributed by atoms with van der Waals surface area (Å²) in [7, 11) is 1.64. The van der Waals surface area contributed by atoms with Crippen molar-refractivity contribution in [1.29, 1.82) is 0 Å². The number of aliphatic imine (C=N–C) groups is 2. The van der Waals surface area contributed by atoms with Crippen molar-refractivity contribution in [3.8, 4) is 5.75 Å². The van der Waals surface area contributed by atoms with E-state index >= 15 is 0 Å². The van der Waals surface area contributed by atoms with Crippen LogP contribution in [0.3, 0.4) is 0 Å². The van der Waals surface area contributed by atoms with Gasteiger partial charge in [0.1, 0.15) is 11.6 Å². The Hall–Kier alpha value is -2.15. The molecule has 3 aliphatic heterocycles. The number of guanidine groups is 1. The van der Waals surface area contributed by atoms with Gasteiger partial charge < -0.3 is 4.74 Å². The number of halogens is 1. The quantitative estimate of drug-likeness (QED) is 0.799. The molecule has 1 aromatic rings. The van der Waals surface area contributed by atoms with Crippen molar-refractivity contribution in [2.45, 2.75) is 19.4 Å². The van der Waals surface area contributed by atoms with Crippen LogP contribution in [-0.2, 0) is 11.3 Å². The zero-order valence-electron chi connectivity index (χ0n) is 13.3. The van der Waals surface area contributed by atoms with Crippen LogP contribution in [0.5, 0.6) is 5.75 Å². The van der Waals surface area contributed by atoms with Gasteiger partial charge in [-0.25, -0.2) is 4.99 Å². The predicted molar refractivity (Wildman–Crippen MR) is 95.2 cm³/mol. The van der Waals surface area contributed by atoms with Gasteiger partial charge in [0.2, 0.25) is 5.96 Å². The molecule has 0 aliphatic carbocycles. The Balaban J connectivity index is 1.67. The van der Waals surface area contributed by atoms with Crippen LogP contribution >= 0.6 is 15.9 Å². The second-order valence-corrected chi connectivity index (χ2v) is 6.81. The van der Waals surface area contributed by atoms with E-state index in [0.717, 1.165) is 46.8 Å². The van der Waals surface area contributed by atoms with E-state index in [1.807, 2.05) is 24.3 Å². The number of benzene rings is 1. The van der Waals surface area contributed by atoms with E-state index in [9.17, 15) is 4.79 Å². The Morgan fingerprint density at radius 2 is 2.08 bits per heavy atom. The normalized spacial score (nSPS) is 19.8. The molecule has 0 saturated heterocycles. The number of rotatable bonds is 3. The Morgan fingerprint density at radius 3 is 2.83 bits per heavy atom. The molecule has 24 heavy (non-hydrogen) atoms. The van der Waals surface area contributed by atoms with Crippen molar-refractivity contribution >= 4 is 32.4 Å². The molecule has 0 unspecified atom stereocenters. The Morgan fingerprint density at radius 1 is 1.29 bits per heavy atom. The van der Waals surface area contributed by atoms with Crippen molar-refractivity contribution < 1.29 is 9.53 Å². The number of carbonyl (C=O) groups excluding carboxylic acids is 1. The molecule has 6 nitrogen and oxygen atoms in total. The summed E-state index contributed by atoms with van der Waals surface area (Å²) in [6.45, 7) is 2.08. The van der Waals surface area contributed by atoms with Gasteiger partial charge in [-0.1, -0.05) is 12.1 Å². The van der Waals surface area contributed by atoms with E-state index in [2.05, 4.69) is 30.8 Å². The van der Waals surface area contributed by atoms with Crippen molar-refractivity contribution in [1.82, 2.24) is 9.80 Å². The standard InChI is InChI=1S/C17H17BrN4O2/c1-24-12-5-3-11(4-6-12)10-22-16(23)13-9-14(18)20-15(13)21-8-2-7-19-17(21)22/h3-6H,2,7-10H2,1H3. The van der Waals surface area contributed by atoms with Gasteiger partial charge in [-0.15, -0.1) is 0 Å². The van der Waals surface area contributed by atoms with Crippen molar-refractivity contribution in [2.24, 2.45) is 9.98 Å². The molecule has 124 valence electrons. The minimum Gasteiger partial charge on any atom is -0.497 e. The fourth-order valence-electron chi connectivity index (χ4n) is 3.18. The maximum atomic E-state index is 13.0. The first-order valence-electron chi connectivity index (χ1n) is 7.90. The monoisotopic (exact) mass is 388 g/mol. The summed E-state index contributed by atoms with van der Waals surface area (Å²) in [4.78, 5) is 25.9. The minimum atomic E-state index is -0.00378. The van der Waals surface area contributed by atoms with Crippen molar-refractivity contribution in [3.63, 3.8) is 0 Å². The van der Waals surface area contributed by atoms with Crippen LogP contribution in [0.15, 0.2) is 45.6 Å².